The van der Waals surface area contributed by atoms with Crippen molar-refractivity contribution in [3.63, 3.8) is 0 Å². The summed E-state index contributed by atoms with van der Waals surface area (Å²) in [4.78, 5) is 0. The third-order valence-electron chi connectivity index (χ3n) is 2.53. The van der Waals surface area contributed by atoms with Crippen LogP contribution in [0.5, 0.6) is 0 Å². The molecule has 0 saturated carbocycles. The highest BCUT2D eigenvalue weighted by Gasteiger charge is 2.17. The molecule has 0 amide bonds. The highest BCUT2D eigenvalue weighted by atomic mass is 35.5. The Hall–Kier alpha value is -1.05. The van der Waals surface area contributed by atoms with Crippen molar-refractivity contribution in [3.05, 3.63) is 53.1 Å². The quantitative estimate of drug-likeness (QED) is 0.693. The summed E-state index contributed by atoms with van der Waals surface area (Å²) < 4.78 is 5.39. The number of hydrogen-bond acceptors (Lipinski definition) is 1. The molecule has 0 bridgehead atoms. The molecule has 0 N–H and O–H groups in total. The SMILES string of the molecule is C=C[C@H]1COC/C1=C\c1cccc(Cl)c1. The van der Waals surface area contributed by atoms with Crippen LogP contribution in [0.3, 0.4) is 0 Å². The maximum atomic E-state index is 5.92. The number of halogens is 1. The fourth-order valence-electron chi connectivity index (χ4n) is 1.70. The Balaban J connectivity index is 2.25. The maximum Gasteiger partial charge on any atom is 0.0687 e. The van der Waals surface area contributed by atoms with Gasteiger partial charge in [-0.25, -0.2) is 0 Å². The van der Waals surface area contributed by atoms with Crippen molar-refractivity contribution in [1.82, 2.24) is 0 Å². The molecule has 2 heteroatoms. The molecule has 0 spiro atoms. The minimum atomic E-state index is 0.351. The fraction of sp³-hybridized carbons (Fsp3) is 0.231. The molecule has 78 valence electrons. The molecular weight excluding hydrogens is 208 g/mol. The van der Waals surface area contributed by atoms with Gasteiger partial charge in [0.05, 0.1) is 13.2 Å². The van der Waals surface area contributed by atoms with Crippen LogP contribution >= 0.6 is 11.6 Å². The van der Waals surface area contributed by atoms with Crippen molar-refractivity contribution in [2.45, 2.75) is 0 Å². The summed E-state index contributed by atoms with van der Waals surface area (Å²) >= 11 is 5.92. The average Bonchev–Trinajstić information content (AvgIpc) is 2.65. The first-order valence-electron chi connectivity index (χ1n) is 4.96. The molecule has 0 aromatic heterocycles. The molecule has 0 aliphatic carbocycles. The molecule has 1 aliphatic heterocycles. The molecule has 1 atom stereocenters. The standard InChI is InChI=1S/C13H13ClO/c1-2-11-8-15-9-12(11)6-10-4-3-5-13(14)7-10/h2-7,11H,1,8-9H2/b12-6+/t11-/m0/s1. The summed E-state index contributed by atoms with van der Waals surface area (Å²) in [7, 11) is 0. The zero-order valence-corrected chi connectivity index (χ0v) is 9.20. The average molecular weight is 221 g/mol. The lowest BCUT2D eigenvalue weighted by Crippen LogP contribution is -1.96. The zero-order chi connectivity index (χ0) is 10.7. The minimum absolute atomic E-state index is 0.351. The fourth-order valence-corrected chi connectivity index (χ4v) is 1.90. The van der Waals surface area contributed by atoms with Gasteiger partial charge in [0.1, 0.15) is 0 Å². The van der Waals surface area contributed by atoms with Crippen molar-refractivity contribution in [2.24, 2.45) is 5.92 Å². The van der Waals surface area contributed by atoms with E-state index in [0.717, 1.165) is 17.2 Å². The van der Waals surface area contributed by atoms with E-state index in [-0.39, 0.29) is 0 Å². The van der Waals surface area contributed by atoms with Gasteiger partial charge in [-0.1, -0.05) is 35.9 Å². The second-order valence-electron chi connectivity index (χ2n) is 3.63. The van der Waals surface area contributed by atoms with Gasteiger partial charge < -0.3 is 4.74 Å². The van der Waals surface area contributed by atoms with Gasteiger partial charge in [0.15, 0.2) is 0 Å². The van der Waals surface area contributed by atoms with Crippen molar-refractivity contribution < 1.29 is 4.74 Å². The van der Waals surface area contributed by atoms with E-state index in [9.17, 15) is 0 Å². The molecule has 1 fully saturated rings. The number of benzene rings is 1. The zero-order valence-electron chi connectivity index (χ0n) is 8.45. The van der Waals surface area contributed by atoms with Gasteiger partial charge in [0.25, 0.3) is 0 Å². The smallest absolute Gasteiger partial charge is 0.0687 e. The first-order valence-corrected chi connectivity index (χ1v) is 5.34. The van der Waals surface area contributed by atoms with Crippen LogP contribution in [0.2, 0.25) is 5.02 Å². The summed E-state index contributed by atoms with van der Waals surface area (Å²) in [5.74, 6) is 0.351. The number of rotatable bonds is 2. The van der Waals surface area contributed by atoms with E-state index in [4.69, 9.17) is 16.3 Å². The van der Waals surface area contributed by atoms with Crippen molar-refractivity contribution >= 4 is 17.7 Å². The summed E-state index contributed by atoms with van der Waals surface area (Å²) in [6.45, 7) is 5.25. The first kappa shape index (κ1) is 10.5. The Labute approximate surface area is 95.0 Å². The van der Waals surface area contributed by atoms with Crippen LogP contribution in [0.25, 0.3) is 6.08 Å². The third kappa shape index (κ3) is 2.49. The Kier molecular flexibility index (Phi) is 3.24. The molecule has 1 heterocycles. The normalized spacial score (nSPS) is 23.3. The molecule has 1 aliphatic rings. The second kappa shape index (κ2) is 4.65. The van der Waals surface area contributed by atoms with E-state index in [1.54, 1.807) is 0 Å². The number of ether oxygens (including phenoxy) is 1. The molecule has 1 aromatic carbocycles. The Morgan fingerprint density at radius 1 is 1.47 bits per heavy atom. The Morgan fingerprint density at radius 3 is 3.07 bits per heavy atom. The van der Waals surface area contributed by atoms with E-state index < -0.39 is 0 Å². The van der Waals surface area contributed by atoms with Crippen LogP contribution in [-0.4, -0.2) is 13.2 Å². The topological polar surface area (TPSA) is 9.23 Å². The monoisotopic (exact) mass is 220 g/mol. The van der Waals surface area contributed by atoms with Gasteiger partial charge >= 0.3 is 0 Å². The van der Waals surface area contributed by atoms with Gasteiger partial charge in [-0.2, -0.15) is 0 Å². The molecule has 1 aromatic rings. The van der Waals surface area contributed by atoms with E-state index >= 15 is 0 Å². The first-order chi connectivity index (χ1) is 7.29. The minimum Gasteiger partial charge on any atom is -0.376 e. The second-order valence-corrected chi connectivity index (χ2v) is 4.07. The van der Waals surface area contributed by atoms with Crippen LogP contribution in [0.1, 0.15) is 5.56 Å². The lowest BCUT2D eigenvalue weighted by atomic mass is 10.0. The van der Waals surface area contributed by atoms with Gasteiger partial charge in [-0.3, -0.25) is 0 Å². The number of hydrogen-bond donors (Lipinski definition) is 0. The summed E-state index contributed by atoms with van der Waals surface area (Å²) in [6.07, 6.45) is 4.06. The molecule has 0 unspecified atom stereocenters. The summed E-state index contributed by atoms with van der Waals surface area (Å²) in [5.41, 5.74) is 2.39. The van der Waals surface area contributed by atoms with E-state index in [0.29, 0.717) is 12.5 Å². The van der Waals surface area contributed by atoms with Crippen molar-refractivity contribution in [2.75, 3.05) is 13.2 Å². The lowest BCUT2D eigenvalue weighted by molar-refractivity contribution is 0.195. The molecule has 1 nitrogen and oxygen atoms in total. The van der Waals surface area contributed by atoms with Gasteiger partial charge in [-0.15, -0.1) is 6.58 Å². The van der Waals surface area contributed by atoms with Crippen LogP contribution < -0.4 is 0 Å². The third-order valence-corrected chi connectivity index (χ3v) is 2.76. The van der Waals surface area contributed by atoms with Crippen molar-refractivity contribution in [3.8, 4) is 0 Å². The van der Waals surface area contributed by atoms with Crippen LogP contribution in [0, 0.1) is 5.92 Å². The van der Waals surface area contributed by atoms with E-state index in [2.05, 4.69) is 12.7 Å². The van der Waals surface area contributed by atoms with Crippen LogP contribution in [0.15, 0.2) is 42.5 Å². The van der Waals surface area contributed by atoms with E-state index in [1.165, 1.54) is 5.57 Å². The summed E-state index contributed by atoms with van der Waals surface area (Å²) in [5, 5.41) is 0.762. The largest absolute Gasteiger partial charge is 0.376 e. The van der Waals surface area contributed by atoms with Gasteiger partial charge in [-0.05, 0) is 23.3 Å². The van der Waals surface area contributed by atoms with E-state index in [1.807, 2.05) is 30.3 Å². The molecule has 1 saturated heterocycles. The highest BCUT2D eigenvalue weighted by molar-refractivity contribution is 6.30. The highest BCUT2D eigenvalue weighted by Crippen LogP contribution is 2.24. The van der Waals surface area contributed by atoms with Crippen molar-refractivity contribution in [1.29, 1.82) is 0 Å². The molecule has 0 radical (unpaired) electrons. The van der Waals surface area contributed by atoms with Crippen LogP contribution in [0.4, 0.5) is 0 Å². The Bertz CT molecular complexity index is 395. The predicted molar refractivity (Wildman–Crippen MR) is 63.9 cm³/mol. The Morgan fingerprint density at radius 2 is 2.33 bits per heavy atom. The van der Waals surface area contributed by atoms with Crippen LogP contribution in [-0.2, 0) is 4.74 Å². The van der Waals surface area contributed by atoms with Gasteiger partial charge in [0.2, 0.25) is 0 Å². The molecular formula is C13H13ClO. The van der Waals surface area contributed by atoms with Gasteiger partial charge in [0, 0.05) is 10.9 Å². The lowest BCUT2D eigenvalue weighted by Gasteiger charge is -2.03. The molecule has 15 heavy (non-hydrogen) atoms. The predicted octanol–water partition coefficient (Wildman–Crippen LogP) is 3.56. The summed E-state index contributed by atoms with van der Waals surface area (Å²) in [6, 6.07) is 7.82. The molecule has 2 rings (SSSR count). The maximum absolute atomic E-state index is 5.92.